The van der Waals surface area contributed by atoms with Crippen molar-refractivity contribution >= 4 is 5.91 Å². The molecule has 3 nitrogen and oxygen atoms in total. The van der Waals surface area contributed by atoms with Gasteiger partial charge in [0.1, 0.15) is 0 Å². The molecule has 0 heterocycles. The third-order valence-electron chi connectivity index (χ3n) is 3.93. The SMILES string of the molecule is CC1(CNC(=O)CC2(N)CCCC2)CC1. The molecule has 2 fully saturated rings. The van der Waals surface area contributed by atoms with E-state index in [2.05, 4.69) is 12.2 Å². The number of amides is 1. The Labute approximate surface area is 91.8 Å². The molecule has 2 aliphatic carbocycles. The van der Waals surface area contributed by atoms with Crippen LogP contribution in [0.3, 0.4) is 0 Å². The summed E-state index contributed by atoms with van der Waals surface area (Å²) in [6, 6.07) is 0. The Morgan fingerprint density at radius 3 is 2.40 bits per heavy atom. The summed E-state index contributed by atoms with van der Waals surface area (Å²) in [5, 5.41) is 3.02. The van der Waals surface area contributed by atoms with Crippen LogP contribution >= 0.6 is 0 Å². The van der Waals surface area contributed by atoms with Gasteiger partial charge >= 0.3 is 0 Å². The third kappa shape index (κ3) is 2.94. The maximum absolute atomic E-state index is 11.7. The Kier molecular flexibility index (Phi) is 2.75. The predicted molar refractivity (Wildman–Crippen MR) is 60.4 cm³/mol. The number of nitrogens with one attached hydrogen (secondary N) is 1. The average Bonchev–Trinajstić information content (AvgIpc) is 2.75. The van der Waals surface area contributed by atoms with E-state index < -0.39 is 0 Å². The molecular formula is C12H22N2O. The summed E-state index contributed by atoms with van der Waals surface area (Å²) in [7, 11) is 0. The Bertz CT molecular complexity index is 252. The quantitative estimate of drug-likeness (QED) is 0.740. The van der Waals surface area contributed by atoms with Crippen molar-refractivity contribution in [3.63, 3.8) is 0 Å². The molecule has 0 radical (unpaired) electrons. The van der Waals surface area contributed by atoms with Gasteiger partial charge in [0.2, 0.25) is 5.91 Å². The van der Waals surface area contributed by atoms with E-state index in [1.54, 1.807) is 0 Å². The normalized spacial score (nSPS) is 26.3. The minimum Gasteiger partial charge on any atom is -0.355 e. The number of carbonyl (C=O) groups excluding carboxylic acids is 1. The van der Waals surface area contributed by atoms with Gasteiger partial charge in [-0.1, -0.05) is 19.8 Å². The summed E-state index contributed by atoms with van der Waals surface area (Å²) in [5.74, 6) is 0.146. The number of hydrogen-bond donors (Lipinski definition) is 2. The molecule has 3 N–H and O–H groups in total. The second-order valence-corrected chi connectivity index (χ2v) is 5.83. The Morgan fingerprint density at radius 1 is 1.27 bits per heavy atom. The zero-order valence-corrected chi connectivity index (χ0v) is 9.64. The first kappa shape index (κ1) is 10.9. The van der Waals surface area contributed by atoms with Crippen LogP contribution in [0.4, 0.5) is 0 Å². The van der Waals surface area contributed by atoms with Gasteiger partial charge in [0, 0.05) is 18.5 Å². The van der Waals surface area contributed by atoms with Crippen LogP contribution in [0.15, 0.2) is 0 Å². The molecular weight excluding hydrogens is 188 g/mol. The molecule has 2 aliphatic rings. The zero-order chi connectivity index (χ0) is 10.9. The van der Waals surface area contributed by atoms with Crippen molar-refractivity contribution < 1.29 is 4.79 Å². The lowest BCUT2D eigenvalue weighted by atomic mass is 9.94. The Hall–Kier alpha value is -0.570. The molecule has 3 heteroatoms. The van der Waals surface area contributed by atoms with Crippen LogP contribution in [0.25, 0.3) is 0 Å². The summed E-state index contributed by atoms with van der Waals surface area (Å²) >= 11 is 0. The van der Waals surface area contributed by atoms with Gasteiger partial charge in [0.15, 0.2) is 0 Å². The average molecular weight is 210 g/mol. The summed E-state index contributed by atoms with van der Waals surface area (Å²) < 4.78 is 0. The molecule has 0 atom stereocenters. The Morgan fingerprint density at radius 2 is 1.87 bits per heavy atom. The van der Waals surface area contributed by atoms with Crippen LogP contribution in [0.1, 0.15) is 51.9 Å². The third-order valence-corrected chi connectivity index (χ3v) is 3.93. The van der Waals surface area contributed by atoms with Crippen molar-refractivity contribution in [2.75, 3.05) is 6.54 Å². The molecule has 0 aliphatic heterocycles. The topological polar surface area (TPSA) is 55.1 Å². The highest BCUT2D eigenvalue weighted by Gasteiger charge is 2.38. The van der Waals surface area contributed by atoms with E-state index in [9.17, 15) is 4.79 Å². The van der Waals surface area contributed by atoms with Gasteiger partial charge in [-0.3, -0.25) is 4.79 Å². The van der Waals surface area contributed by atoms with Gasteiger partial charge in [0.05, 0.1) is 0 Å². The minimum absolute atomic E-state index is 0.146. The van der Waals surface area contributed by atoms with Crippen LogP contribution in [-0.4, -0.2) is 18.0 Å². The number of rotatable bonds is 4. The predicted octanol–water partition coefficient (Wildman–Crippen LogP) is 1.56. The largest absolute Gasteiger partial charge is 0.355 e. The van der Waals surface area contributed by atoms with E-state index >= 15 is 0 Å². The van der Waals surface area contributed by atoms with Crippen LogP contribution in [-0.2, 0) is 4.79 Å². The molecule has 2 rings (SSSR count). The van der Waals surface area contributed by atoms with Crippen LogP contribution in [0, 0.1) is 5.41 Å². The first-order valence-corrected chi connectivity index (χ1v) is 6.07. The molecule has 0 aromatic rings. The fourth-order valence-electron chi connectivity index (χ4n) is 2.34. The van der Waals surface area contributed by atoms with Crippen LogP contribution < -0.4 is 11.1 Å². The second-order valence-electron chi connectivity index (χ2n) is 5.83. The van der Waals surface area contributed by atoms with Gasteiger partial charge < -0.3 is 11.1 Å². The lowest BCUT2D eigenvalue weighted by Gasteiger charge is -2.23. The van der Waals surface area contributed by atoms with Crippen molar-refractivity contribution in [1.82, 2.24) is 5.32 Å². The fraction of sp³-hybridized carbons (Fsp3) is 0.917. The molecule has 0 unspecified atom stereocenters. The lowest BCUT2D eigenvalue weighted by molar-refractivity contribution is -0.122. The molecule has 0 aromatic heterocycles. The summed E-state index contributed by atoms with van der Waals surface area (Å²) in [6.45, 7) is 3.06. The molecule has 0 saturated heterocycles. The van der Waals surface area contributed by atoms with Gasteiger partial charge in [-0.05, 0) is 31.1 Å². The lowest BCUT2D eigenvalue weighted by Crippen LogP contribution is -2.43. The highest BCUT2D eigenvalue weighted by Crippen LogP contribution is 2.44. The molecule has 0 aromatic carbocycles. The molecule has 86 valence electrons. The van der Waals surface area contributed by atoms with Crippen molar-refractivity contribution in [2.24, 2.45) is 11.1 Å². The number of nitrogens with two attached hydrogens (primary N) is 1. The van der Waals surface area contributed by atoms with Gasteiger partial charge in [0.25, 0.3) is 0 Å². The summed E-state index contributed by atoms with van der Waals surface area (Å²) in [5.41, 5.74) is 6.35. The first-order valence-electron chi connectivity index (χ1n) is 6.07. The monoisotopic (exact) mass is 210 g/mol. The maximum atomic E-state index is 11.7. The van der Waals surface area contributed by atoms with E-state index in [-0.39, 0.29) is 11.4 Å². The summed E-state index contributed by atoms with van der Waals surface area (Å²) in [6.07, 6.45) is 7.41. The molecule has 2 saturated carbocycles. The van der Waals surface area contributed by atoms with Crippen LogP contribution in [0.2, 0.25) is 0 Å². The van der Waals surface area contributed by atoms with E-state index in [1.165, 1.54) is 25.7 Å². The summed E-state index contributed by atoms with van der Waals surface area (Å²) in [4.78, 5) is 11.7. The van der Waals surface area contributed by atoms with Crippen molar-refractivity contribution in [3.8, 4) is 0 Å². The fourth-order valence-corrected chi connectivity index (χ4v) is 2.34. The molecule has 15 heavy (non-hydrogen) atoms. The number of hydrogen-bond acceptors (Lipinski definition) is 2. The first-order chi connectivity index (χ1) is 7.02. The van der Waals surface area contributed by atoms with Gasteiger partial charge in [-0.2, -0.15) is 0 Å². The second kappa shape index (κ2) is 3.78. The van der Waals surface area contributed by atoms with E-state index in [0.29, 0.717) is 11.8 Å². The van der Waals surface area contributed by atoms with Gasteiger partial charge in [-0.15, -0.1) is 0 Å². The highest BCUT2D eigenvalue weighted by molar-refractivity contribution is 5.77. The van der Waals surface area contributed by atoms with E-state index in [0.717, 1.165) is 19.4 Å². The smallest absolute Gasteiger partial charge is 0.221 e. The number of carbonyl (C=O) groups is 1. The maximum Gasteiger partial charge on any atom is 0.221 e. The van der Waals surface area contributed by atoms with Crippen molar-refractivity contribution in [3.05, 3.63) is 0 Å². The minimum atomic E-state index is -0.200. The Balaban J connectivity index is 1.72. The molecule has 1 amide bonds. The van der Waals surface area contributed by atoms with E-state index in [4.69, 9.17) is 5.73 Å². The van der Waals surface area contributed by atoms with Crippen molar-refractivity contribution in [1.29, 1.82) is 0 Å². The zero-order valence-electron chi connectivity index (χ0n) is 9.64. The van der Waals surface area contributed by atoms with Crippen LogP contribution in [0.5, 0.6) is 0 Å². The molecule has 0 spiro atoms. The standard InChI is InChI=1S/C12H22N2O/c1-11(6-7-11)9-14-10(15)8-12(13)4-2-3-5-12/h2-9,13H2,1H3,(H,14,15). The van der Waals surface area contributed by atoms with Gasteiger partial charge in [-0.25, -0.2) is 0 Å². The molecule has 0 bridgehead atoms. The van der Waals surface area contributed by atoms with Crippen molar-refractivity contribution in [2.45, 2.75) is 57.4 Å². The highest BCUT2D eigenvalue weighted by atomic mass is 16.1. The van der Waals surface area contributed by atoms with E-state index in [1.807, 2.05) is 0 Å².